The Balaban J connectivity index is 1.58. The fourth-order valence-electron chi connectivity index (χ4n) is 4.16. The van der Waals surface area contributed by atoms with Gasteiger partial charge in [0.1, 0.15) is 22.9 Å². The maximum atomic E-state index is 14.6. The Morgan fingerprint density at radius 3 is 1.76 bits per heavy atom. The molecule has 0 atom stereocenters. The number of thiol groups is 1. The van der Waals surface area contributed by atoms with Crippen LogP contribution in [0.15, 0.2) is 48.5 Å². The van der Waals surface area contributed by atoms with Crippen molar-refractivity contribution in [3.8, 4) is 16.9 Å². The number of hydrogen-bond acceptors (Lipinski definition) is 2. The Labute approximate surface area is 197 Å². The Morgan fingerprint density at radius 2 is 1.24 bits per heavy atom. The van der Waals surface area contributed by atoms with Crippen molar-refractivity contribution < 1.29 is 35.5 Å². The van der Waals surface area contributed by atoms with Gasteiger partial charge in [0.2, 0.25) is 0 Å². The number of alkyl halides is 2. The van der Waals surface area contributed by atoms with Crippen LogP contribution in [-0.4, -0.2) is 5.25 Å². The second-order valence-corrected chi connectivity index (χ2v) is 8.99. The van der Waals surface area contributed by atoms with Crippen LogP contribution in [0.25, 0.3) is 11.1 Å². The van der Waals surface area contributed by atoms with Gasteiger partial charge >= 0.3 is 6.11 Å². The van der Waals surface area contributed by atoms with Crippen LogP contribution in [0.5, 0.6) is 5.75 Å². The lowest BCUT2D eigenvalue weighted by Crippen LogP contribution is -2.25. The molecule has 1 saturated carbocycles. The highest BCUT2D eigenvalue weighted by atomic mass is 32.1. The normalized spacial score (nSPS) is 18.7. The van der Waals surface area contributed by atoms with Crippen LogP contribution in [-0.2, 0) is 6.11 Å². The number of rotatable bonds is 5. The minimum absolute atomic E-state index is 0.0269. The molecule has 3 aromatic carbocycles. The topological polar surface area (TPSA) is 9.23 Å². The summed E-state index contributed by atoms with van der Waals surface area (Å²) in [5.74, 6) is -9.46. The van der Waals surface area contributed by atoms with Crippen LogP contribution in [0, 0.1) is 29.1 Å². The Kier molecular flexibility index (Phi) is 6.85. The predicted octanol–water partition coefficient (Wildman–Crippen LogP) is 8.13. The molecule has 0 bridgehead atoms. The van der Waals surface area contributed by atoms with Gasteiger partial charge in [-0.25, -0.2) is 22.0 Å². The van der Waals surface area contributed by atoms with Crippen molar-refractivity contribution in [2.24, 2.45) is 0 Å². The summed E-state index contributed by atoms with van der Waals surface area (Å²) >= 11 is 4.48. The van der Waals surface area contributed by atoms with Gasteiger partial charge in [0.15, 0.2) is 17.5 Å². The molecule has 9 heteroatoms. The molecule has 1 aliphatic rings. The molecular formula is C25H19F7OS. The van der Waals surface area contributed by atoms with E-state index in [1.165, 1.54) is 0 Å². The molecule has 34 heavy (non-hydrogen) atoms. The Bertz CT molecular complexity index is 1140. The third-order valence-corrected chi connectivity index (χ3v) is 6.47. The highest BCUT2D eigenvalue weighted by molar-refractivity contribution is 7.80. The first-order chi connectivity index (χ1) is 16.0. The van der Waals surface area contributed by atoms with E-state index in [1.807, 2.05) is 12.1 Å². The molecule has 0 spiro atoms. The molecule has 0 aliphatic heterocycles. The van der Waals surface area contributed by atoms with Crippen LogP contribution in [0.1, 0.15) is 42.7 Å². The van der Waals surface area contributed by atoms with Crippen molar-refractivity contribution in [2.75, 3.05) is 0 Å². The van der Waals surface area contributed by atoms with E-state index in [9.17, 15) is 30.7 Å². The SMILES string of the molecule is Fc1cc(OC(F)(F)c2c(F)cc(-c3ccc(C4CCC(S)CC4)cc3)cc2F)cc(F)c1F. The van der Waals surface area contributed by atoms with Crippen LogP contribution in [0.4, 0.5) is 30.7 Å². The molecule has 0 aromatic heterocycles. The smallest absolute Gasteiger partial charge is 0.429 e. The van der Waals surface area contributed by atoms with Gasteiger partial charge in [0.05, 0.1) is 0 Å². The first kappa shape index (κ1) is 24.4. The van der Waals surface area contributed by atoms with E-state index >= 15 is 0 Å². The maximum absolute atomic E-state index is 14.6. The van der Waals surface area contributed by atoms with Gasteiger partial charge in [-0.1, -0.05) is 24.3 Å². The van der Waals surface area contributed by atoms with Gasteiger partial charge in [-0.3, -0.25) is 0 Å². The summed E-state index contributed by atoms with van der Waals surface area (Å²) in [6.45, 7) is 0. The van der Waals surface area contributed by atoms with E-state index in [1.54, 1.807) is 12.1 Å². The zero-order valence-electron chi connectivity index (χ0n) is 17.6. The van der Waals surface area contributed by atoms with Crippen LogP contribution < -0.4 is 4.74 Å². The predicted molar refractivity (Wildman–Crippen MR) is 117 cm³/mol. The summed E-state index contributed by atoms with van der Waals surface area (Å²) in [7, 11) is 0. The maximum Gasteiger partial charge on any atom is 0.432 e. The average molecular weight is 500 g/mol. The molecule has 1 aliphatic carbocycles. The summed E-state index contributed by atoms with van der Waals surface area (Å²) in [4.78, 5) is 0. The highest BCUT2D eigenvalue weighted by Gasteiger charge is 2.41. The van der Waals surface area contributed by atoms with Crippen molar-refractivity contribution >= 4 is 12.6 Å². The average Bonchev–Trinajstić information content (AvgIpc) is 2.77. The minimum atomic E-state index is -4.63. The fraction of sp³-hybridized carbons (Fsp3) is 0.280. The van der Waals surface area contributed by atoms with Crippen molar-refractivity contribution in [2.45, 2.75) is 43.0 Å². The molecule has 3 aromatic rings. The second-order valence-electron chi connectivity index (χ2n) is 8.26. The summed E-state index contributed by atoms with van der Waals surface area (Å²) in [6, 6.07) is 8.77. The van der Waals surface area contributed by atoms with Gasteiger partial charge in [-0.05, 0) is 60.4 Å². The lowest BCUT2D eigenvalue weighted by Gasteiger charge is -2.26. The Hall–Kier alpha value is -2.68. The molecule has 0 unspecified atom stereocenters. The van der Waals surface area contributed by atoms with Gasteiger partial charge in [-0.2, -0.15) is 21.4 Å². The van der Waals surface area contributed by atoms with E-state index in [-0.39, 0.29) is 17.7 Å². The number of benzene rings is 3. The van der Waals surface area contributed by atoms with Crippen molar-refractivity contribution in [1.82, 2.24) is 0 Å². The van der Waals surface area contributed by atoms with Gasteiger partial charge in [-0.15, -0.1) is 0 Å². The van der Waals surface area contributed by atoms with E-state index in [0.717, 1.165) is 43.4 Å². The molecule has 0 N–H and O–H groups in total. The van der Waals surface area contributed by atoms with Gasteiger partial charge < -0.3 is 4.74 Å². The fourth-order valence-corrected chi connectivity index (χ4v) is 4.46. The van der Waals surface area contributed by atoms with E-state index < -0.39 is 46.5 Å². The molecule has 0 amide bonds. The summed E-state index contributed by atoms with van der Waals surface area (Å²) in [5.41, 5.74) is -0.205. The van der Waals surface area contributed by atoms with Gasteiger partial charge in [0, 0.05) is 17.4 Å². The van der Waals surface area contributed by atoms with Crippen LogP contribution >= 0.6 is 12.6 Å². The highest BCUT2D eigenvalue weighted by Crippen LogP contribution is 2.39. The lowest BCUT2D eigenvalue weighted by molar-refractivity contribution is -0.189. The summed E-state index contributed by atoms with van der Waals surface area (Å²) in [6.07, 6.45) is -0.647. The summed E-state index contributed by atoms with van der Waals surface area (Å²) < 4.78 is 102. The van der Waals surface area contributed by atoms with E-state index in [2.05, 4.69) is 17.4 Å². The zero-order chi connectivity index (χ0) is 24.6. The quantitative estimate of drug-likeness (QED) is 0.211. The second kappa shape index (κ2) is 9.52. The van der Waals surface area contributed by atoms with E-state index in [0.29, 0.717) is 16.7 Å². The molecular weight excluding hydrogens is 481 g/mol. The van der Waals surface area contributed by atoms with Crippen molar-refractivity contribution in [3.05, 3.63) is 88.7 Å². The largest absolute Gasteiger partial charge is 0.432 e. The molecule has 1 nitrogen and oxygen atoms in total. The van der Waals surface area contributed by atoms with Crippen LogP contribution in [0.3, 0.4) is 0 Å². The number of halogens is 7. The molecule has 180 valence electrons. The standard InChI is InChI=1S/C25H19F7OS/c26-19-9-16(15-3-1-13(2-4-15)14-5-7-18(34)8-6-14)10-20(27)23(19)25(31,32)33-17-11-21(28)24(30)22(29)12-17/h1-4,9-12,14,18,34H,5-8H2. The van der Waals surface area contributed by atoms with Gasteiger partial charge in [0.25, 0.3) is 0 Å². The lowest BCUT2D eigenvalue weighted by atomic mass is 9.83. The zero-order valence-corrected chi connectivity index (χ0v) is 18.5. The third kappa shape index (κ3) is 5.04. The molecule has 4 rings (SSSR count). The van der Waals surface area contributed by atoms with Crippen molar-refractivity contribution in [1.29, 1.82) is 0 Å². The molecule has 1 fully saturated rings. The Morgan fingerprint density at radius 1 is 0.706 bits per heavy atom. The van der Waals surface area contributed by atoms with Crippen molar-refractivity contribution in [3.63, 3.8) is 0 Å². The summed E-state index contributed by atoms with van der Waals surface area (Å²) in [5, 5.41) is 0.392. The first-order valence-electron chi connectivity index (χ1n) is 10.5. The van der Waals surface area contributed by atoms with Crippen LogP contribution in [0.2, 0.25) is 0 Å². The molecule has 0 heterocycles. The molecule has 0 saturated heterocycles. The first-order valence-corrected chi connectivity index (χ1v) is 11.1. The minimum Gasteiger partial charge on any atom is -0.429 e. The van der Waals surface area contributed by atoms with E-state index in [4.69, 9.17) is 0 Å². The molecule has 0 radical (unpaired) electrons. The third-order valence-electron chi connectivity index (χ3n) is 5.95. The number of ether oxygens (including phenoxy) is 1. The monoisotopic (exact) mass is 500 g/mol. The number of hydrogen-bond donors (Lipinski definition) is 1.